The minimum Gasteiger partial charge on any atom is -0.477 e. The third kappa shape index (κ3) is 11.2. The maximum Gasteiger partial charge on any atom is -0.0426 e. The van der Waals surface area contributed by atoms with Gasteiger partial charge in [0.2, 0.25) is 0 Å². The summed E-state index contributed by atoms with van der Waals surface area (Å²) in [5.41, 5.74) is 0. The summed E-state index contributed by atoms with van der Waals surface area (Å²) in [6, 6.07) is 0. The summed E-state index contributed by atoms with van der Waals surface area (Å²) in [5, 5.41) is 0. The highest BCUT2D eigenvalue weighted by Crippen LogP contribution is 2.30. The second-order valence-electron chi connectivity index (χ2n) is 4.56. The van der Waals surface area contributed by atoms with Crippen molar-refractivity contribution in [2.75, 3.05) is 0 Å². The van der Waals surface area contributed by atoms with Crippen molar-refractivity contribution in [3.05, 3.63) is 0 Å². The van der Waals surface area contributed by atoms with Crippen LogP contribution in [0.25, 0.3) is 0 Å². The molecule has 0 fully saturated rings. The number of rotatable bonds is 2. The Morgan fingerprint density at radius 3 is 1.18 bits per heavy atom. The van der Waals surface area contributed by atoms with Gasteiger partial charge in [0.15, 0.2) is 0 Å². The normalized spacial score (nSPS) is 13.6. The van der Waals surface area contributed by atoms with Crippen molar-refractivity contribution in [2.45, 2.75) is 51.0 Å². The first-order valence-electron chi connectivity index (χ1n) is 3.88. The molecule has 66 valence electrons. The zero-order valence-electron chi connectivity index (χ0n) is 8.39. The maximum absolute atomic E-state index is 2.29. The number of hydrogen-bond acceptors (Lipinski definition) is 2. The molecule has 0 unspecified atom stereocenters. The van der Waals surface area contributed by atoms with Crippen molar-refractivity contribution in [1.82, 2.24) is 0 Å². The zero-order valence-corrected chi connectivity index (χ0v) is 11.2. The molecule has 0 aromatic carbocycles. The summed E-state index contributed by atoms with van der Waals surface area (Å²) in [5.74, 6) is 0. The van der Waals surface area contributed by atoms with Gasteiger partial charge in [-0.1, -0.05) is 54.5 Å². The standard InChI is InChI=1S/2C4H10S.Al/c2*1-4(2,3)5;/h2*5H,1-3H3;/q;;+1/p-2. The van der Waals surface area contributed by atoms with E-state index in [9.17, 15) is 0 Å². The molecule has 0 nitrogen and oxygen atoms in total. The highest BCUT2D eigenvalue weighted by atomic mass is 32.5. The van der Waals surface area contributed by atoms with Crippen LogP contribution in [0.1, 0.15) is 41.5 Å². The quantitative estimate of drug-likeness (QED) is 0.632. The molecule has 0 saturated heterocycles. The van der Waals surface area contributed by atoms with Crippen LogP contribution in [-0.2, 0) is 0 Å². The second-order valence-corrected chi connectivity index (χ2v) is 11.4. The van der Waals surface area contributed by atoms with Crippen LogP contribution in [0, 0.1) is 0 Å². The Bertz CT molecular complexity index is 96.2. The third-order valence-electron chi connectivity index (χ3n) is 0.803. The Hall–Kier alpha value is 1.23. The zero-order chi connectivity index (χ0) is 9.12. The first-order valence-corrected chi connectivity index (χ1v) is 8.47. The van der Waals surface area contributed by atoms with E-state index in [0.29, 0.717) is 22.4 Å². The van der Waals surface area contributed by atoms with Crippen LogP contribution in [0.4, 0.5) is 0 Å². The Morgan fingerprint density at radius 2 is 1.00 bits per heavy atom. The fourth-order valence-corrected chi connectivity index (χ4v) is 8.44. The van der Waals surface area contributed by atoms with Gasteiger partial charge in [-0.15, -0.1) is 0 Å². The topological polar surface area (TPSA) is 0 Å². The Labute approximate surface area is 84.1 Å². The van der Waals surface area contributed by atoms with Crippen LogP contribution >= 0.6 is 20.3 Å². The first kappa shape index (κ1) is 12.2. The average molecular weight is 205 g/mol. The van der Waals surface area contributed by atoms with Crippen molar-refractivity contribution in [2.24, 2.45) is 0 Å². The predicted molar refractivity (Wildman–Crippen MR) is 60.4 cm³/mol. The third-order valence-corrected chi connectivity index (χ3v) is 8.96. The van der Waals surface area contributed by atoms with Crippen molar-refractivity contribution < 1.29 is 0 Å². The van der Waals surface area contributed by atoms with Gasteiger partial charge in [-0.2, -0.15) is 0 Å². The van der Waals surface area contributed by atoms with E-state index in [1.807, 2.05) is 0 Å². The van der Waals surface area contributed by atoms with Crippen molar-refractivity contribution in [3.63, 3.8) is 0 Å². The van der Waals surface area contributed by atoms with Gasteiger partial charge in [0, 0.05) is 0 Å². The van der Waals surface area contributed by atoms with Crippen LogP contribution in [0.5, 0.6) is 0 Å². The SMILES string of the molecule is CC(C)(C)[S][Al-][S]C(C)(C)C. The van der Waals surface area contributed by atoms with Crippen LogP contribution in [0.2, 0.25) is 0 Å². The lowest BCUT2D eigenvalue weighted by molar-refractivity contribution is 0.808. The Kier molecular flexibility index (Phi) is 4.96. The van der Waals surface area contributed by atoms with Gasteiger partial charge >= 0.3 is 0 Å². The van der Waals surface area contributed by atoms with Gasteiger partial charge < -0.3 is 20.3 Å². The van der Waals surface area contributed by atoms with E-state index in [1.54, 1.807) is 0 Å². The van der Waals surface area contributed by atoms with Crippen LogP contribution in [0.15, 0.2) is 0 Å². The molecule has 11 heavy (non-hydrogen) atoms. The molecule has 0 rings (SSSR count). The van der Waals surface area contributed by atoms with E-state index in [0.717, 1.165) is 0 Å². The molecule has 0 N–H and O–H groups in total. The van der Waals surface area contributed by atoms with Crippen molar-refractivity contribution in [3.8, 4) is 0 Å². The molecule has 2 radical (unpaired) electrons. The Morgan fingerprint density at radius 1 is 0.727 bits per heavy atom. The highest BCUT2D eigenvalue weighted by molar-refractivity contribution is 8.51. The van der Waals surface area contributed by atoms with Crippen LogP contribution in [-0.4, -0.2) is 22.4 Å². The molecule has 0 atom stereocenters. The van der Waals surface area contributed by atoms with E-state index in [1.165, 1.54) is 0 Å². The molecule has 0 saturated carbocycles. The molecule has 0 aliphatic carbocycles. The van der Waals surface area contributed by atoms with Gasteiger partial charge in [-0.3, -0.25) is 0 Å². The summed E-state index contributed by atoms with van der Waals surface area (Å²) in [6.07, 6.45) is 0. The largest absolute Gasteiger partial charge is 0.477 e. The van der Waals surface area contributed by atoms with Gasteiger partial charge in [0.1, 0.15) is 0 Å². The molecule has 0 aliphatic heterocycles. The van der Waals surface area contributed by atoms with E-state index >= 15 is 0 Å². The molecule has 0 aromatic heterocycles. The fourth-order valence-electron chi connectivity index (χ4n) is 0.313. The van der Waals surface area contributed by atoms with Crippen molar-refractivity contribution >= 4 is 33.2 Å². The van der Waals surface area contributed by atoms with Gasteiger partial charge in [-0.25, -0.2) is 0 Å². The first-order chi connectivity index (χ1) is 4.71. The minimum atomic E-state index is 0.452. The monoisotopic (exact) mass is 205 g/mol. The molecule has 0 aliphatic rings. The smallest absolute Gasteiger partial charge is 0.0426 e. The highest BCUT2D eigenvalue weighted by Gasteiger charge is 2.04. The molecule has 0 spiro atoms. The fraction of sp³-hybridized carbons (Fsp3) is 1.00. The second kappa shape index (κ2) is 4.46. The lowest BCUT2D eigenvalue weighted by atomic mass is 10.3. The van der Waals surface area contributed by atoms with Crippen LogP contribution < -0.4 is 0 Å². The summed E-state index contributed by atoms with van der Waals surface area (Å²) >= 11 is 0.502. The van der Waals surface area contributed by atoms with E-state index in [-0.39, 0.29) is 0 Å². The van der Waals surface area contributed by atoms with Crippen molar-refractivity contribution in [1.29, 1.82) is 0 Å². The lowest BCUT2D eigenvalue weighted by Crippen LogP contribution is -2.13. The van der Waals surface area contributed by atoms with E-state index in [2.05, 4.69) is 61.8 Å². The Balaban J connectivity index is 3.44. The molecule has 0 heterocycles. The van der Waals surface area contributed by atoms with Gasteiger partial charge in [0.05, 0.1) is 0 Å². The molecule has 0 aromatic rings. The summed E-state index contributed by atoms with van der Waals surface area (Å²) < 4.78 is 0.904. The molecular weight excluding hydrogens is 187 g/mol. The molecular formula is C8H18AlS2-. The maximum atomic E-state index is 2.29. The summed E-state index contributed by atoms with van der Waals surface area (Å²) in [6.45, 7) is 13.7. The van der Waals surface area contributed by atoms with E-state index < -0.39 is 0 Å². The average Bonchev–Trinajstić information content (AvgIpc) is 1.55. The lowest BCUT2D eigenvalue weighted by Gasteiger charge is -2.35. The van der Waals surface area contributed by atoms with Crippen LogP contribution in [0.3, 0.4) is 0 Å². The summed E-state index contributed by atoms with van der Waals surface area (Å²) in [7, 11) is 4.21. The molecule has 0 bridgehead atoms. The number of hydrogen-bond donors (Lipinski definition) is 0. The minimum absolute atomic E-state index is 0.452. The molecule has 3 heteroatoms. The van der Waals surface area contributed by atoms with Gasteiger partial charge in [0.25, 0.3) is 0 Å². The van der Waals surface area contributed by atoms with E-state index in [4.69, 9.17) is 0 Å². The summed E-state index contributed by atoms with van der Waals surface area (Å²) in [4.78, 5) is 0. The molecule has 0 amide bonds. The predicted octanol–water partition coefficient (Wildman–Crippen LogP) is 3.58. The van der Waals surface area contributed by atoms with Gasteiger partial charge in [-0.05, 0) is 9.49 Å².